The lowest BCUT2D eigenvalue weighted by atomic mass is 10.2. The van der Waals surface area contributed by atoms with E-state index in [1.807, 2.05) is 0 Å². The van der Waals surface area contributed by atoms with Crippen LogP contribution in [0.1, 0.15) is 12.6 Å². The molecule has 2 aromatic heterocycles. The Morgan fingerprint density at radius 1 is 1.33 bits per heavy atom. The smallest absolute Gasteiger partial charge is 0.369 e. The Kier molecular flexibility index (Phi) is 9.02. The lowest BCUT2D eigenvalue weighted by Crippen LogP contribution is -2.30. The second-order valence-corrected chi connectivity index (χ2v) is 12.3. The van der Waals surface area contributed by atoms with Crippen LogP contribution in [0.4, 0.5) is 5.95 Å². The van der Waals surface area contributed by atoms with Gasteiger partial charge in [-0.05, 0) is 34.2 Å². The third-order valence-electron chi connectivity index (χ3n) is 4.34. The van der Waals surface area contributed by atoms with Gasteiger partial charge in [-0.2, -0.15) is 13.6 Å². The van der Waals surface area contributed by atoms with Gasteiger partial charge in [-0.25, -0.2) is 13.7 Å². The number of anilines is 1. The number of aromatic amines is 1. The minimum absolute atomic E-state index is 0.0169. The number of hydrogen-bond acceptors (Lipinski definition) is 12. The van der Waals surface area contributed by atoms with Gasteiger partial charge in [0.2, 0.25) is 5.95 Å². The van der Waals surface area contributed by atoms with Crippen molar-refractivity contribution in [2.75, 3.05) is 12.3 Å². The summed E-state index contributed by atoms with van der Waals surface area (Å²) >= 11 is 1.65. The number of nitrogen functional groups attached to an aromatic ring is 1. The number of phosphoric ester groups is 1. The highest BCUT2D eigenvalue weighted by atomic mass is 127. The number of H-pyrrole nitrogens is 1. The van der Waals surface area contributed by atoms with E-state index in [2.05, 4.69) is 33.1 Å². The lowest BCUT2D eigenvalue weighted by Gasteiger charge is -2.21. The zero-order chi connectivity index (χ0) is 26.9. The summed E-state index contributed by atoms with van der Waals surface area (Å²) in [6.45, 7) is -0.820. The Morgan fingerprint density at radius 3 is 2.67 bits per heavy atom. The van der Waals surface area contributed by atoms with E-state index in [-0.39, 0.29) is 23.4 Å². The molecule has 24 heteroatoms. The standard InChI is InChI=1S/C12H17IN7O13P3/c13-11(18-19-15)31-6-3-8(20-2-1-5-9(20)16-12(14)17-10(5)21)30-7(6)4-29-35(25,26)33-36(27,28)32-34(22,23)24/h1-2,6-8,11H,3-4H2,(H,25,26)(H,27,28)(H2,22,23,24)(H3,14,16,17,21)/t6?,7-,8-,11-/m1/s1. The van der Waals surface area contributed by atoms with E-state index < -0.39 is 58.3 Å². The lowest BCUT2D eigenvalue weighted by molar-refractivity contribution is -0.0608. The van der Waals surface area contributed by atoms with Gasteiger partial charge in [0.05, 0.1) is 18.1 Å². The molecule has 0 amide bonds. The van der Waals surface area contributed by atoms with Gasteiger partial charge in [0.15, 0.2) is 9.88 Å². The number of nitrogens with one attached hydrogen (secondary N) is 1. The topological polar surface area (TPSA) is 304 Å². The Morgan fingerprint density at radius 2 is 2.03 bits per heavy atom. The number of aromatic nitrogens is 3. The van der Waals surface area contributed by atoms with E-state index in [0.717, 1.165) is 0 Å². The van der Waals surface area contributed by atoms with Crippen LogP contribution >= 0.6 is 46.1 Å². The average Bonchev–Trinajstić information content (AvgIpc) is 3.27. The van der Waals surface area contributed by atoms with Crippen LogP contribution in [0, 0.1) is 0 Å². The average molecular weight is 687 g/mol. The highest BCUT2D eigenvalue weighted by Gasteiger charge is 2.44. The molecule has 6 atom stereocenters. The fraction of sp³-hybridized carbons (Fsp3) is 0.500. The fourth-order valence-electron chi connectivity index (χ4n) is 3.14. The maximum atomic E-state index is 12.1. The molecule has 0 radical (unpaired) electrons. The first-order valence-electron chi connectivity index (χ1n) is 9.23. The Hall–Kier alpha value is -1.41. The number of azide groups is 1. The number of halogens is 1. The van der Waals surface area contributed by atoms with Crippen LogP contribution in [-0.2, 0) is 36.3 Å². The van der Waals surface area contributed by atoms with Crippen LogP contribution in [0.15, 0.2) is 22.2 Å². The van der Waals surface area contributed by atoms with Crippen molar-refractivity contribution in [1.29, 1.82) is 0 Å². The molecule has 200 valence electrons. The second kappa shape index (κ2) is 11.1. The van der Waals surface area contributed by atoms with Gasteiger partial charge >= 0.3 is 23.5 Å². The molecule has 20 nitrogen and oxygen atoms in total. The highest BCUT2D eigenvalue weighted by molar-refractivity contribution is 14.1. The molecule has 0 bridgehead atoms. The molecule has 36 heavy (non-hydrogen) atoms. The predicted octanol–water partition coefficient (Wildman–Crippen LogP) is 1.35. The molecule has 1 aliphatic rings. The van der Waals surface area contributed by atoms with Crippen molar-refractivity contribution in [3.8, 4) is 0 Å². The molecule has 1 saturated heterocycles. The summed E-state index contributed by atoms with van der Waals surface area (Å²) < 4.78 is 58.1. The van der Waals surface area contributed by atoms with Crippen LogP contribution in [-0.4, -0.2) is 57.2 Å². The number of rotatable bonds is 11. The van der Waals surface area contributed by atoms with Crippen molar-refractivity contribution in [1.82, 2.24) is 14.5 Å². The summed E-state index contributed by atoms with van der Waals surface area (Å²) in [5, 5.41) is 3.54. The first-order valence-corrected chi connectivity index (χ1v) is 15.0. The predicted molar refractivity (Wildman–Crippen MR) is 125 cm³/mol. The van der Waals surface area contributed by atoms with E-state index in [1.165, 1.54) is 16.8 Å². The Labute approximate surface area is 212 Å². The maximum Gasteiger partial charge on any atom is 0.490 e. The number of ether oxygens (including phenoxy) is 2. The van der Waals surface area contributed by atoms with Crippen LogP contribution in [0.25, 0.3) is 21.5 Å². The van der Waals surface area contributed by atoms with Crippen molar-refractivity contribution in [2.45, 2.75) is 29.1 Å². The minimum atomic E-state index is -5.72. The van der Waals surface area contributed by atoms with Crippen molar-refractivity contribution in [3.05, 3.63) is 33.1 Å². The van der Waals surface area contributed by atoms with Gasteiger partial charge in [-0.1, -0.05) is 5.11 Å². The molecule has 0 aliphatic carbocycles. The van der Waals surface area contributed by atoms with Gasteiger partial charge in [0.1, 0.15) is 12.3 Å². The SMILES string of the molecule is [N-]=[N+]=N[C@@H](I)OC1C[C@H](n2ccc3c(=O)[nH]c(N)nc32)O[C@@H]1COP(=O)(O)OP(=O)(O)OP(=O)(O)O. The van der Waals surface area contributed by atoms with Gasteiger partial charge < -0.3 is 39.3 Å². The number of nitrogens with two attached hydrogens (primary N) is 1. The zero-order valence-corrected chi connectivity index (χ0v) is 22.2. The minimum Gasteiger partial charge on any atom is -0.369 e. The van der Waals surface area contributed by atoms with Gasteiger partial charge in [0, 0.05) is 17.5 Å². The van der Waals surface area contributed by atoms with E-state index in [9.17, 15) is 28.3 Å². The second-order valence-electron chi connectivity index (χ2n) is 6.83. The fourth-order valence-corrected chi connectivity index (χ4v) is 6.66. The number of hydrogen-bond donors (Lipinski definition) is 6. The first-order chi connectivity index (χ1) is 16.6. The van der Waals surface area contributed by atoms with Gasteiger partial charge in [-0.15, -0.1) is 0 Å². The third-order valence-corrected chi connectivity index (χ3v) is 8.68. The normalized spacial score (nSPS) is 24.6. The molecule has 1 fully saturated rings. The Balaban J connectivity index is 1.80. The molecule has 3 rings (SSSR count). The summed E-state index contributed by atoms with van der Waals surface area (Å²) in [5.74, 6) is -0.168. The van der Waals surface area contributed by atoms with E-state index in [0.29, 0.717) is 0 Å². The molecule has 1 aliphatic heterocycles. The van der Waals surface area contributed by atoms with Crippen molar-refractivity contribution < 1.29 is 55.9 Å². The number of fused-ring (bicyclic) bond motifs is 1. The monoisotopic (exact) mass is 687 g/mol. The molecule has 2 aromatic rings. The molecule has 7 N–H and O–H groups in total. The quantitative estimate of drug-likeness (QED) is 0.0369. The number of alkyl halides is 1. The highest BCUT2D eigenvalue weighted by Crippen LogP contribution is 2.66. The molecule has 0 saturated carbocycles. The van der Waals surface area contributed by atoms with Crippen molar-refractivity contribution in [3.63, 3.8) is 0 Å². The van der Waals surface area contributed by atoms with Crippen LogP contribution in [0.3, 0.4) is 0 Å². The van der Waals surface area contributed by atoms with Gasteiger partial charge in [-0.3, -0.25) is 14.3 Å². The van der Waals surface area contributed by atoms with Crippen molar-refractivity contribution >= 4 is 63.0 Å². The summed E-state index contributed by atoms with van der Waals surface area (Å²) in [5.41, 5.74) is 13.8. The van der Waals surface area contributed by atoms with E-state index >= 15 is 0 Å². The molecule has 0 spiro atoms. The molecule has 0 aromatic carbocycles. The summed E-state index contributed by atoms with van der Waals surface area (Å²) in [7, 11) is -16.7. The molecule has 3 unspecified atom stereocenters. The largest absolute Gasteiger partial charge is 0.490 e. The molecule has 3 heterocycles. The van der Waals surface area contributed by atoms with Crippen LogP contribution in [0.5, 0.6) is 0 Å². The van der Waals surface area contributed by atoms with Crippen LogP contribution < -0.4 is 11.3 Å². The van der Waals surface area contributed by atoms with Crippen molar-refractivity contribution in [2.24, 2.45) is 5.11 Å². The van der Waals surface area contributed by atoms with Gasteiger partial charge in [0.25, 0.3) is 5.56 Å². The Bertz CT molecular complexity index is 1370. The van der Waals surface area contributed by atoms with E-state index in [1.54, 1.807) is 22.6 Å². The number of phosphoric acid groups is 3. The van der Waals surface area contributed by atoms with E-state index in [4.69, 9.17) is 30.5 Å². The summed E-state index contributed by atoms with van der Waals surface area (Å²) in [6, 6.07) is 1.44. The zero-order valence-electron chi connectivity index (χ0n) is 17.4. The summed E-state index contributed by atoms with van der Waals surface area (Å²) in [4.78, 5) is 57.3. The first kappa shape index (κ1) is 29.2. The molecular weight excluding hydrogens is 670 g/mol. The summed E-state index contributed by atoms with van der Waals surface area (Å²) in [6.07, 6.45) is -1.57. The van der Waals surface area contributed by atoms with Crippen LogP contribution in [0.2, 0.25) is 0 Å². The third kappa shape index (κ3) is 7.80. The molecular formula is C12H17IN7O13P3. The maximum absolute atomic E-state index is 12.1. The number of nitrogens with zero attached hydrogens (tertiary/aromatic N) is 5.